The normalized spacial score (nSPS) is 12.1. The van der Waals surface area contributed by atoms with Gasteiger partial charge in [-0.15, -0.1) is 0 Å². The van der Waals surface area contributed by atoms with Crippen LogP contribution in [0.5, 0.6) is 0 Å². The fourth-order valence-corrected chi connectivity index (χ4v) is 4.78. The Hall–Kier alpha value is -3.25. The molecule has 6 rings (SSSR count). The molecule has 136 valence electrons. The summed E-state index contributed by atoms with van der Waals surface area (Å²) < 4.78 is 8.34. The first-order valence-corrected chi connectivity index (χ1v) is 9.91. The van der Waals surface area contributed by atoms with E-state index in [4.69, 9.17) is 14.4 Å². The number of aryl methyl sites for hydroxylation is 3. The second-order valence-electron chi connectivity index (χ2n) is 7.15. The molecule has 0 N–H and O–H groups in total. The number of furan rings is 1. The predicted molar refractivity (Wildman–Crippen MR) is 113 cm³/mol. The zero-order valence-electron chi connectivity index (χ0n) is 15.6. The van der Waals surface area contributed by atoms with E-state index in [1.807, 2.05) is 25.3 Å². The number of nitrogens with zero attached hydrogens (tertiary/aromatic N) is 4. The third kappa shape index (κ3) is 2.03. The molecule has 0 aliphatic carbocycles. The molecular formula is C22H16N4OS. The van der Waals surface area contributed by atoms with Crippen molar-refractivity contribution in [2.45, 2.75) is 20.8 Å². The molecule has 0 bridgehead atoms. The number of imidazole rings is 1. The quantitative estimate of drug-likeness (QED) is 0.358. The molecule has 6 aromatic rings. The molecule has 0 aliphatic rings. The number of rotatable bonds is 1. The highest BCUT2D eigenvalue weighted by molar-refractivity contribution is 7.07. The van der Waals surface area contributed by atoms with Gasteiger partial charge in [0.1, 0.15) is 11.1 Å². The van der Waals surface area contributed by atoms with Crippen LogP contribution in [0.25, 0.3) is 50.0 Å². The van der Waals surface area contributed by atoms with E-state index < -0.39 is 0 Å². The van der Waals surface area contributed by atoms with Crippen LogP contribution in [0.1, 0.15) is 16.1 Å². The minimum Gasteiger partial charge on any atom is -0.437 e. The molecule has 6 heteroatoms. The summed E-state index contributed by atoms with van der Waals surface area (Å²) in [6.07, 6.45) is 1.85. The third-order valence-corrected chi connectivity index (χ3v) is 6.50. The number of para-hydroxylation sites is 1. The van der Waals surface area contributed by atoms with E-state index in [-0.39, 0.29) is 0 Å². The average Bonchev–Trinajstić information content (AvgIpc) is 3.32. The van der Waals surface area contributed by atoms with Crippen LogP contribution in [-0.4, -0.2) is 18.7 Å². The maximum Gasteiger partial charge on any atom is 0.227 e. The van der Waals surface area contributed by atoms with Gasteiger partial charge in [0.05, 0.1) is 17.4 Å². The molecule has 0 fully saturated rings. The zero-order chi connectivity index (χ0) is 19.0. The lowest BCUT2D eigenvalue weighted by molar-refractivity contribution is 0.653. The molecule has 1 aromatic carbocycles. The van der Waals surface area contributed by atoms with Crippen molar-refractivity contribution < 1.29 is 4.42 Å². The predicted octanol–water partition coefficient (Wildman–Crippen LogP) is 5.83. The van der Waals surface area contributed by atoms with Crippen molar-refractivity contribution >= 4 is 50.3 Å². The summed E-state index contributed by atoms with van der Waals surface area (Å²) >= 11 is 1.72. The molecule has 0 unspecified atom stereocenters. The van der Waals surface area contributed by atoms with E-state index >= 15 is 0 Å². The SMILES string of the molecule is Cc1ccc2c(n1)oc1c(-c3cc4c(cn3)nc3c(C)c(C)sn34)cccc12. The highest BCUT2D eigenvalue weighted by atomic mass is 32.1. The maximum absolute atomic E-state index is 6.15. The fourth-order valence-electron chi connectivity index (χ4n) is 3.77. The average molecular weight is 384 g/mol. The Morgan fingerprint density at radius 3 is 2.79 bits per heavy atom. The number of benzene rings is 1. The van der Waals surface area contributed by atoms with Gasteiger partial charge in [0.2, 0.25) is 5.71 Å². The van der Waals surface area contributed by atoms with Crippen LogP contribution in [0, 0.1) is 20.8 Å². The Balaban J connectivity index is 1.66. The van der Waals surface area contributed by atoms with E-state index in [1.165, 1.54) is 10.4 Å². The van der Waals surface area contributed by atoms with Crippen LogP contribution in [0.3, 0.4) is 0 Å². The van der Waals surface area contributed by atoms with Gasteiger partial charge in [0.15, 0.2) is 5.65 Å². The molecule has 5 heterocycles. The van der Waals surface area contributed by atoms with Gasteiger partial charge in [-0.25, -0.2) is 13.8 Å². The first-order valence-electron chi connectivity index (χ1n) is 9.14. The molecule has 0 saturated carbocycles. The topological polar surface area (TPSA) is 56.2 Å². The summed E-state index contributed by atoms with van der Waals surface area (Å²) in [6, 6.07) is 12.4. The van der Waals surface area contributed by atoms with Crippen LogP contribution in [-0.2, 0) is 0 Å². The summed E-state index contributed by atoms with van der Waals surface area (Å²) in [5.74, 6) is 0. The van der Waals surface area contributed by atoms with E-state index in [1.54, 1.807) is 11.5 Å². The van der Waals surface area contributed by atoms with E-state index in [9.17, 15) is 0 Å². The minimum absolute atomic E-state index is 0.666. The smallest absolute Gasteiger partial charge is 0.227 e. The van der Waals surface area contributed by atoms with Gasteiger partial charge in [-0.05, 0) is 45.0 Å². The highest BCUT2D eigenvalue weighted by Gasteiger charge is 2.17. The largest absolute Gasteiger partial charge is 0.437 e. The van der Waals surface area contributed by atoms with Gasteiger partial charge in [-0.3, -0.25) is 4.98 Å². The van der Waals surface area contributed by atoms with Gasteiger partial charge in [0.25, 0.3) is 0 Å². The summed E-state index contributed by atoms with van der Waals surface area (Å²) in [5.41, 5.74) is 8.49. The Bertz CT molecular complexity index is 1550. The van der Waals surface area contributed by atoms with Crippen molar-refractivity contribution in [2.24, 2.45) is 0 Å². The second kappa shape index (κ2) is 5.39. The van der Waals surface area contributed by atoms with Crippen molar-refractivity contribution in [3.63, 3.8) is 0 Å². The number of fused-ring (bicyclic) bond motifs is 6. The van der Waals surface area contributed by atoms with Crippen molar-refractivity contribution in [1.82, 2.24) is 18.7 Å². The van der Waals surface area contributed by atoms with Crippen LogP contribution in [0.2, 0.25) is 0 Å². The number of pyridine rings is 2. The summed E-state index contributed by atoms with van der Waals surface area (Å²) in [7, 11) is 0. The van der Waals surface area contributed by atoms with Gasteiger partial charge in [-0.2, -0.15) is 0 Å². The Kier molecular flexibility index (Phi) is 3.04. The van der Waals surface area contributed by atoms with E-state index in [2.05, 4.69) is 46.9 Å². The third-order valence-electron chi connectivity index (χ3n) is 5.37. The molecule has 0 aliphatic heterocycles. The van der Waals surface area contributed by atoms with Crippen LogP contribution < -0.4 is 0 Å². The summed E-state index contributed by atoms with van der Waals surface area (Å²) in [5, 5.41) is 2.09. The number of aromatic nitrogens is 4. The van der Waals surface area contributed by atoms with Gasteiger partial charge < -0.3 is 4.42 Å². The molecule has 28 heavy (non-hydrogen) atoms. The summed E-state index contributed by atoms with van der Waals surface area (Å²) in [6.45, 7) is 6.22. The molecule has 0 radical (unpaired) electrons. The maximum atomic E-state index is 6.15. The molecule has 0 atom stereocenters. The lowest BCUT2D eigenvalue weighted by Crippen LogP contribution is -1.85. The number of hydrogen-bond acceptors (Lipinski definition) is 5. The fraction of sp³-hybridized carbons (Fsp3) is 0.136. The standard InChI is InChI=1S/C22H16N4OS/c1-11-7-8-15-14-5-4-6-16(20(14)27-22(15)24-11)17-9-19-18(10-23-17)25-21-12(2)13(3)28-26(19)21/h4-10H,1-3H3. The first-order chi connectivity index (χ1) is 13.6. The Morgan fingerprint density at radius 2 is 1.89 bits per heavy atom. The lowest BCUT2D eigenvalue weighted by atomic mass is 10.1. The highest BCUT2D eigenvalue weighted by Crippen LogP contribution is 2.36. The van der Waals surface area contributed by atoms with Gasteiger partial charge in [0, 0.05) is 32.5 Å². The van der Waals surface area contributed by atoms with Crippen LogP contribution >= 0.6 is 11.5 Å². The van der Waals surface area contributed by atoms with Crippen molar-refractivity contribution in [3.05, 3.63) is 58.7 Å². The van der Waals surface area contributed by atoms with Crippen molar-refractivity contribution in [3.8, 4) is 11.3 Å². The van der Waals surface area contributed by atoms with Crippen molar-refractivity contribution in [2.75, 3.05) is 0 Å². The molecule has 5 nitrogen and oxygen atoms in total. The van der Waals surface area contributed by atoms with Crippen molar-refractivity contribution in [1.29, 1.82) is 0 Å². The molecular weight excluding hydrogens is 368 g/mol. The Morgan fingerprint density at radius 1 is 1.00 bits per heavy atom. The van der Waals surface area contributed by atoms with Gasteiger partial charge >= 0.3 is 0 Å². The minimum atomic E-state index is 0.666. The second-order valence-corrected chi connectivity index (χ2v) is 8.31. The molecule has 0 amide bonds. The molecule has 5 aromatic heterocycles. The van der Waals surface area contributed by atoms with E-state index in [0.29, 0.717) is 5.71 Å². The van der Waals surface area contributed by atoms with Gasteiger partial charge in [-0.1, -0.05) is 23.7 Å². The van der Waals surface area contributed by atoms with Crippen LogP contribution in [0.15, 0.2) is 47.0 Å². The summed E-state index contributed by atoms with van der Waals surface area (Å²) in [4.78, 5) is 15.3. The molecule has 0 spiro atoms. The zero-order valence-corrected chi connectivity index (χ0v) is 16.5. The lowest BCUT2D eigenvalue weighted by Gasteiger charge is -2.02. The van der Waals surface area contributed by atoms with Crippen LogP contribution in [0.4, 0.5) is 0 Å². The molecule has 0 saturated heterocycles. The van der Waals surface area contributed by atoms with E-state index in [0.717, 1.165) is 50.0 Å². The number of hydrogen-bond donors (Lipinski definition) is 0. The first kappa shape index (κ1) is 15.8. The Labute approximate surface area is 164 Å². The monoisotopic (exact) mass is 384 g/mol.